The molecule has 0 aromatic heterocycles. The van der Waals surface area contributed by atoms with Crippen molar-refractivity contribution in [1.82, 2.24) is 0 Å². The third-order valence-corrected chi connectivity index (χ3v) is 5.89. The molecule has 0 heteroatoms. The maximum absolute atomic E-state index is 2.45. The van der Waals surface area contributed by atoms with Crippen LogP contribution in [0, 0.1) is 0 Å². The van der Waals surface area contributed by atoms with Gasteiger partial charge in [0.2, 0.25) is 0 Å². The van der Waals surface area contributed by atoms with Crippen molar-refractivity contribution in [3.05, 3.63) is 59.7 Å². The molecule has 0 amide bonds. The van der Waals surface area contributed by atoms with Crippen LogP contribution in [0.15, 0.2) is 48.5 Å². The van der Waals surface area contributed by atoms with Crippen molar-refractivity contribution >= 4 is 32.3 Å². The van der Waals surface area contributed by atoms with Crippen molar-refractivity contribution in [3.63, 3.8) is 0 Å². The topological polar surface area (TPSA) is 0 Å². The number of hydrogen-bond acceptors (Lipinski definition) is 0. The fourth-order valence-electron chi connectivity index (χ4n) is 4.55. The van der Waals surface area contributed by atoms with Gasteiger partial charge in [0.1, 0.15) is 0 Å². The maximum Gasteiger partial charge on any atom is -0.00213 e. The van der Waals surface area contributed by atoms with Gasteiger partial charge in [-0.1, -0.05) is 88.1 Å². The zero-order valence-corrected chi connectivity index (χ0v) is 16.3. The first kappa shape index (κ1) is 17.3. The molecule has 0 radical (unpaired) electrons. The summed E-state index contributed by atoms with van der Waals surface area (Å²) < 4.78 is 0. The zero-order chi connectivity index (χ0) is 17.9. The van der Waals surface area contributed by atoms with Crippen LogP contribution in [0.4, 0.5) is 0 Å². The van der Waals surface area contributed by atoms with Crippen LogP contribution in [0.3, 0.4) is 0 Å². The Morgan fingerprint density at radius 2 is 1.08 bits per heavy atom. The zero-order valence-electron chi connectivity index (χ0n) is 16.3. The average Bonchev–Trinajstić information content (AvgIpc) is 2.67. The van der Waals surface area contributed by atoms with Crippen LogP contribution in [-0.4, -0.2) is 0 Å². The minimum absolute atomic E-state index is 1.20. The number of benzene rings is 4. The Morgan fingerprint density at radius 1 is 0.577 bits per heavy atom. The van der Waals surface area contributed by atoms with E-state index in [9.17, 15) is 0 Å². The van der Waals surface area contributed by atoms with Gasteiger partial charge in [0, 0.05) is 0 Å². The van der Waals surface area contributed by atoms with Crippen LogP contribution in [0.25, 0.3) is 32.3 Å². The molecule has 0 N–H and O–H groups in total. The molecule has 4 aromatic rings. The first-order valence-electron chi connectivity index (χ1n) is 10.5. The second kappa shape index (κ2) is 7.66. The monoisotopic (exact) mass is 342 g/mol. The van der Waals surface area contributed by atoms with Gasteiger partial charge in [0.15, 0.2) is 0 Å². The molecule has 0 spiro atoms. The van der Waals surface area contributed by atoms with Crippen molar-refractivity contribution in [3.8, 4) is 0 Å². The minimum atomic E-state index is 1.20. The molecule has 134 valence electrons. The lowest BCUT2D eigenvalue weighted by molar-refractivity contribution is 0.719. The Kier molecular flexibility index (Phi) is 5.11. The van der Waals surface area contributed by atoms with Gasteiger partial charge in [-0.15, -0.1) is 0 Å². The summed E-state index contributed by atoms with van der Waals surface area (Å²) in [6.45, 7) is 4.57. The van der Waals surface area contributed by atoms with Crippen LogP contribution in [-0.2, 0) is 12.8 Å². The largest absolute Gasteiger partial charge is 0.0654 e. The summed E-state index contributed by atoms with van der Waals surface area (Å²) in [7, 11) is 0. The molecule has 0 atom stereocenters. The van der Waals surface area contributed by atoms with E-state index >= 15 is 0 Å². The first-order valence-corrected chi connectivity index (χ1v) is 10.5. The Morgan fingerprint density at radius 3 is 1.58 bits per heavy atom. The smallest absolute Gasteiger partial charge is 0.00213 e. The molecular weight excluding hydrogens is 312 g/mol. The van der Waals surface area contributed by atoms with Gasteiger partial charge >= 0.3 is 0 Å². The Labute approximate surface area is 157 Å². The van der Waals surface area contributed by atoms with E-state index in [2.05, 4.69) is 62.4 Å². The molecule has 0 aliphatic carbocycles. The number of hydrogen-bond donors (Lipinski definition) is 0. The summed E-state index contributed by atoms with van der Waals surface area (Å²) in [4.78, 5) is 0. The normalized spacial score (nSPS) is 11.9. The van der Waals surface area contributed by atoms with Gasteiger partial charge in [-0.2, -0.15) is 0 Å². The van der Waals surface area contributed by atoms with Crippen molar-refractivity contribution in [2.24, 2.45) is 0 Å². The van der Waals surface area contributed by atoms with E-state index in [1.807, 2.05) is 0 Å². The van der Waals surface area contributed by atoms with E-state index in [-0.39, 0.29) is 0 Å². The van der Waals surface area contributed by atoms with E-state index in [4.69, 9.17) is 0 Å². The highest BCUT2D eigenvalue weighted by atomic mass is 14.2. The van der Waals surface area contributed by atoms with E-state index in [1.54, 1.807) is 0 Å². The van der Waals surface area contributed by atoms with Crippen LogP contribution in [0.5, 0.6) is 0 Å². The summed E-state index contributed by atoms with van der Waals surface area (Å²) in [5, 5.41) is 8.78. The molecule has 0 fully saturated rings. The fraction of sp³-hybridized carbons (Fsp3) is 0.385. The Balaban J connectivity index is 1.94. The van der Waals surface area contributed by atoms with Crippen LogP contribution < -0.4 is 0 Å². The van der Waals surface area contributed by atoms with Crippen LogP contribution in [0.1, 0.15) is 63.5 Å². The maximum atomic E-state index is 2.45. The van der Waals surface area contributed by atoms with E-state index in [0.29, 0.717) is 0 Å². The highest BCUT2D eigenvalue weighted by Gasteiger charge is 2.14. The summed E-state index contributed by atoms with van der Waals surface area (Å²) in [6, 6.07) is 18.7. The quantitative estimate of drug-likeness (QED) is 0.224. The fourth-order valence-corrected chi connectivity index (χ4v) is 4.55. The predicted molar refractivity (Wildman–Crippen MR) is 117 cm³/mol. The summed E-state index contributed by atoms with van der Waals surface area (Å²) >= 11 is 0. The number of rotatable bonds is 8. The third kappa shape index (κ3) is 3.07. The van der Waals surface area contributed by atoms with Crippen molar-refractivity contribution in [1.29, 1.82) is 0 Å². The number of aryl methyl sites for hydroxylation is 2. The van der Waals surface area contributed by atoms with E-state index in [0.717, 1.165) is 0 Å². The third-order valence-electron chi connectivity index (χ3n) is 5.89. The Hall–Kier alpha value is -2.08. The van der Waals surface area contributed by atoms with E-state index in [1.165, 1.54) is 94.8 Å². The lowest BCUT2D eigenvalue weighted by Crippen LogP contribution is -1.95. The van der Waals surface area contributed by atoms with Gasteiger partial charge in [-0.3, -0.25) is 0 Å². The molecule has 0 bridgehead atoms. The van der Waals surface area contributed by atoms with Crippen LogP contribution >= 0.6 is 0 Å². The van der Waals surface area contributed by atoms with Crippen molar-refractivity contribution in [2.75, 3.05) is 0 Å². The lowest BCUT2D eigenvalue weighted by Gasteiger charge is -2.17. The Bertz CT molecular complexity index is 934. The average molecular weight is 343 g/mol. The lowest BCUT2D eigenvalue weighted by atomic mass is 9.86. The summed E-state index contributed by atoms with van der Waals surface area (Å²) in [5.41, 5.74) is 3.07. The molecule has 26 heavy (non-hydrogen) atoms. The van der Waals surface area contributed by atoms with Gasteiger partial charge in [-0.25, -0.2) is 0 Å². The van der Waals surface area contributed by atoms with E-state index < -0.39 is 0 Å². The van der Waals surface area contributed by atoms with Crippen LogP contribution in [0.2, 0.25) is 0 Å². The molecule has 0 saturated carbocycles. The summed E-state index contributed by atoms with van der Waals surface area (Å²) in [5.74, 6) is 0. The number of unbranched alkanes of at least 4 members (excludes halogenated alkanes) is 4. The van der Waals surface area contributed by atoms with Crippen molar-refractivity contribution < 1.29 is 0 Å². The second-order valence-corrected chi connectivity index (χ2v) is 7.79. The minimum Gasteiger partial charge on any atom is -0.0654 e. The first-order chi connectivity index (χ1) is 12.8. The van der Waals surface area contributed by atoms with Gasteiger partial charge < -0.3 is 0 Å². The predicted octanol–water partition coefficient (Wildman–Crippen LogP) is 8.05. The molecule has 4 rings (SSSR count). The second-order valence-electron chi connectivity index (χ2n) is 7.79. The molecule has 0 heterocycles. The molecule has 0 nitrogen and oxygen atoms in total. The standard InChI is InChI=1S/C26H30/c1-3-5-7-11-19-17-21-13-9-14-22-18-20(12-8-6-4-2)24-16-10-15-23(19)26(24)25(21)22/h9-10,13-18H,3-8,11-12H2,1-2H3. The molecule has 0 aliphatic rings. The van der Waals surface area contributed by atoms with Crippen molar-refractivity contribution in [2.45, 2.75) is 65.2 Å². The summed E-state index contributed by atoms with van der Waals surface area (Å²) in [6.07, 6.45) is 10.2. The van der Waals surface area contributed by atoms with Gasteiger partial charge in [0.05, 0.1) is 0 Å². The molecule has 0 saturated heterocycles. The highest BCUT2D eigenvalue weighted by molar-refractivity contribution is 6.24. The molecular formula is C26H30. The highest BCUT2D eigenvalue weighted by Crippen LogP contribution is 2.39. The van der Waals surface area contributed by atoms with Gasteiger partial charge in [0.25, 0.3) is 0 Å². The molecule has 0 unspecified atom stereocenters. The molecule has 0 aliphatic heterocycles. The van der Waals surface area contributed by atoms with Gasteiger partial charge in [-0.05, 0) is 69.1 Å². The molecule has 4 aromatic carbocycles. The SMILES string of the molecule is CCCCCc1cc2cccc3cc(CCCCC)c4cccc1c4c23.